The average Bonchev–Trinajstić information content (AvgIpc) is 2.65. The van der Waals surface area contributed by atoms with E-state index in [0.29, 0.717) is 24.9 Å². The van der Waals surface area contributed by atoms with Crippen LogP contribution < -0.4 is 5.32 Å². The van der Waals surface area contributed by atoms with Crippen LogP contribution in [0.3, 0.4) is 0 Å². The molecule has 0 bridgehead atoms. The van der Waals surface area contributed by atoms with E-state index in [0.717, 1.165) is 25.7 Å². The molecule has 0 aromatic carbocycles. The smallest absolute Gasteiger partial charge is 0.246 e. The maximum Gasteiger partial charge on any atom is 0.246 e. The molecule has 5 heteroatoms. The topological polar surface area (TPSA) is 69.6 Å². The zero-order chi connectivity index (χ0) is 13.1. The van der Waals surface area contributed by atoms with Gasteiger partial charge in [0.1, 0.15) is 0 Å². The van der Waals surface area contributed by atoms with Crippen LogP contribution in [0.15, 0.2) is 0 Å². The van der Waals surface area contributed by atoms with E-state index in [2.05, 4.69) is 5.32 Å². The normalized spacial score (nSPS) is 33.2. The third-order valence-electron chi connectivity index (χ3n) is 4.10. The predicted molar refractivity (Wildman–Crippen MR) is 66.8 cm³/mol. The first-order valence-corrected chi connectivity index (χ1v) is 6.86. The van der Waals surface area contributed by atoms with E-state index in [9.17, 15) is 9.59 Å². The highest BCUT2D eigenvalue weighted by Gasteiger charge is 2.38. The van der Waals surface area contributed by atoms with E-state index in [4.69, 9.17) is 5.11 Å². The van der Waals surface area contributed by atoms with Gasteiger partial charge < -0.3 is 10.4 Å². The van der Waals surface area contributed by atoms with Gasteiger partial charge in [-0.3, -0.25) is 14.5 Å². The zero-order valence-electron chi connectivity index (χ0n) is 10.9. The summed E-state index contributed by atoms with van der Waals surface area (Å²) in [6.07, 6.45) is 4.26. The molecular formula is C13H22N2O3. The average molecular weight is 254 g/mol. The minimum atomic E-state index is -0.326. The van der Waals surface area contributed by atoms with Crippen molar-refractivity contribution in [2.45, 2.75) is 51.1 Å². The highest BCUT2D eigenvalue weighted by molar-refractivity contribution is 6.05. The zero-order valence-corrected chi connectivity index (χ0v) is 10.9. The molecule has 102 valence electrons. The van der Waals surface area contributed by atoms with Crippen LogP contribution in [0.5, 0.6) is 0 Å². The summed E-state index contributed by atoms with van der Waals surface area (Å²) in [6, 6.07) is -0.0144. The second-order valence-corrected chi connectivity index (χ2v) is 5.30. The van der Waals surface area contributed by atoms with Crippen LogP contribution in [0, 0.1) is 5.92 Å². The molecule has 18 heavy (non-hydrogen) atoms. The minimum Gasteiger partial charge on any atom is -0.396 e. The Labute approximate surface area is 108 Å². The van der Waals surface area contributed by atoms with E-state index in [1.54, 1.807) is 0 Å². The molecule has 2 rings (SSSR count). The van der Waals surface area contributed by atoms with Gasteiger partial charge in [-0.25, -0.2) is 0 Å². The Bertz CT molecular complexity index is 324. The van der Waals surface area contributed by atoms with Crippen LogP contribution in [0.1, 0.15) is 39.0 Å². The molecule has 2 amide bonds. The van der Waals surface area contributed by atoms with Gasteiger partial charge in [-0.05, 0) is 38.5 Å². The second kappa shape index (κ2) is 5.80. The SMILES string of the molecule is CCN1C(=O)CC(NC2CCC(CO)CC2)C1=O. The number of likely N-dealkylation sites (N-methyl/N-ethyl adjacent to an activating group) is 1. The predicted octanol–water partition coefficient (Wildman–Crippen LogP) is 0.274. The van der Waals surface area contributed by atoms with Gasteiger partial charge in [0.05, 0.1) is 12.5 Å². The Morgan fingerprint density at radius 1 is 1.28 bits per heavy atom. The molecule has 1 atom stereocenters. The summed E-state index contributed by atoms with van der Waals surface area (Å²) in [5.41, 5.74) is 0. The number of nitrogens with zero attached hydrogens (tertiary/aromatic N) is 1. The standard InChI is InChI=1S/C13H22N2O3/c1-2-15-12(17)7-11(13(15)18)14-10-5-3-9(8-16)4-6-10/h9-11,14,16H,2-8H2,1H3. The van der Waals surface area contributed by atoms with Gasteiger partial charge in [-0.15, -0.1) is 0 Å². The molecule has 0 radical (unpaired) electrons. The number of imide groups is 1. The van der Waals surface area contributed by atoms with Crippen LogP contribution in [0.25, 0.3) is 0 Å². The second-order valence-electron chi connectivity index (χ2n) is 5.30. The Balaban J connectivity index is 1.84. The lowest BCUT2D eigenvalue weighted by atomic mass is 9.86. The van der Waals surface area contributed by atoms with Crippen molar-refractivity contribution in [3.8, 4) is 0 Å². The maximum atomic E-state index is 11.9. The Morgan fingerprint density at radius 2 is 1.94 bits per heavy atom. The fourth-order valence-electron chi connectivity index (χ4n) is 2.94. The third-order valence-corrected chi connectivity index (χ3v) is 4.10. The first-order valence-electron chi connectivity index (χ1n) is 6.86. The molecule has 0 aromatic heterocycles. The van der Waals surface area contributed by atoms with Crippen molar-refractivity contribution in [1.82, 2.24) is 10.2 Å². The lowest BCUT2D eigenvalue weighted by molar-refractivity contribution is -0.138. The minimum absolute atomic E-state index is 0.0657. The van der Waals surface area contributed by atoms with Crippen molar-refractivity contribution in [3.05, 3.63) is 0 Å². The number of likely N-dealkylation sites (tertiary alicyclic amines) is 1. The van der Waals surface area contributed by atoms with Crippen LogP contribution >= 0.6 is 0 Å². The monoisotopic (exact) mass is 254 g/mol. The number of hydrogen-bond acceptors (Lipinski definition) is 4. The van der Waals surface area contributed by atoms with Crippen molar-refractivity contribution in [2.24, 2.45) is 5.92 Å². The Morgan fingerprint density at radius 3 is 2.44 bits per heavy atom. The molecule has 2 fully saturated rings. The third kappa shape index (κ3) is 2.72. The van der Waals surface area contributed by atoms with Gasteiger partial charge in [0.25, 0.3) is 0 Å². The fraction of sp³-hybridized carbons (Fsp3) is 0.846. The van der Waals surface area contributed by atoms with E-state index >= 15 is 0 Å². The summed E-state index contributed by atoms with van der Waals surface area (Å²) in [7, 11) is 0. The number of amides is 2. The van der Waals surface area contributed by atoms with E-state index in [-0.39, 0.29) is 24.5 Å². The van der Waals surface area contributed by atoms with Crippen molar-refractivity contribution in [2.75, 3.05) is 13.2 Å². The first kappa shape index (κ1) is 13.5. The number of aliphatic hydroxyl groups is 1. The fourth-order valence-corrected chi connectivity index (χ4v) is 2.94. The molecule has 2 N–H and O–H groups in total. The highest BCUT2D eigenvalue weighted by Crippen LogP contribution is 2.25. The van der Waals surface area contributed by atoms with Gasteiger partial charge in [-0.1, -0.05) is 0 Å². The molecule has 1 unspecified atom stereocenters. The van der Waals surface area contributed by atoms with E-state index in [1.807, 2.05) is 6.92 Å². The summed E-state index contributed by atoms with van der Waals surface area (Å²) < 4.78 is 0. The quantitative estimate of drug-likeness (QED) is 0.707. The van der Waals surface area contributed by atoms with Crippen molar-refractivity contribution in [3.63, 3.8) is 0 Å². The molecular weight excluding hydrogens is 232 g/mol. The van der Waals surface area contributed by atoms with Gasteiger partial charge in [0.2, 0.25) is 11.8 Å². The first-order chi connectivity index (χ1) is 8.65. The summed E-state index contributed by atoms with van der Waals surface area (Å²) in [5, 5.41) is 12.4. The van der Waals surface area contributed by atoms with Crippen molar-refractivity contribution < 1.29 is 14.7 Å². The largest absolute Gasteiger partial charge is 0.396 e. The van der Waals surface area contributed by atoms with Crippen LogP contribution in [0.2, 0.25) is 0 Å². The molecule has 1 saturated carbocycles. The van der Waals surface area contributed by atoms with Crippen LogP contribution in [0.4, 0.5) is 0 Å². The number of aliphatic hydroxyl groups excluding tert-OH is 1. The lowest BCUT2D eigenvalue weighted by Gasteiger charge is -2.29. The summed E-state index contributed by atoms with van der Waals surface area (Å²) in [5.74, 6) is 0.270. The van der Waals surface area contributed by atoms with Crippen molar-refractivity contribution >= 4 is 11.8 Å². The lowest BCUT2D eigenvalue weighted by Crippen LogP contribution is -2.45. The highest BCUT2D eigenvalue weighted by atomic mass is 16.3. The maximum absolute atomic E-state index is 11.9. The number of rotatable bonds is 4. The molecule has 1 saturated heterocycles. The summed E-state index contributed by atoms with van der Waals surface area (Å²) in [6.45, 7) is 2.55. The summed E-state index contributed by atoms with van der Waals surface area (Å²) in [4.78, 5) is 24.9. The van der Waals surface area contributed by atoms with Gasteiger partial charge in [0.15, 0.2) is 0 Å². The Hall–Kier alpha value is -0.940. The number of carbonyl (C=O) groups excluding carboxylic acids is 2. The van der Waals surface area contributed by atoms with E-state index < -0.39 is 0 Å². The molecule has 0 aromatic rings. The Kier molecular flexibility index (Phi) is 4.35. The molecule has 2 aliphatic rings. The van der Waals surface area contributed by atoms with Crippen LogP contribution in [-0.2, 0) is 9.59 Å². The molecule has 0 spiro atoms. The molecule has 1 aliphatic heterocycles. The molecule has 5 nitrogen and oxygen atoms in total. The number of nitrogens with one attached hydrogen (secondary N) is 1. The van der Waals surface area contributed by atoms with Gasteiger partial charge in [0, 0.05) is 19.2 Å². The van der Waals surface area contributed by atoms with Gasteiger partial charge in [-0.2, -0.15) is 0 Å². The number of hydrogen-bond donors (Lipinski definition) is 2. The van der Waals surface area contributed by atoms with Crippen LogP contribution in [-0.4, -0.2) is 47.1 Å². The summed E-state index contributed by atoms with van der Waals surface area (Å²) >= 11 is 0. The molecule has 1 aliphatic carbocycles. The van der Waals surface area contributed by atoms with Crippen molar-refractivity contribution in [1.29, 1.82) is 0 Å². The number of carbonyl (C=O) groups is 2. The van der Waals surface area contributed by atoms with E-state index in [1.165, 1.54) is 4.90 Å². The van der Waals surface area contributed by atoms with Gasteiger partial charge >= 0.3 is 0 Å². The molecule has 1 heterocycles.